The van der Waals surface area contributed by atoms with E-state index in [0.29, 0.717) is 11.1 Å². The zero-order valence-corrected chi connectivity index (χ0v) is 17.7. The van der Waals surface area contributed by atoms with Crippen LogP contribution in [0.2, 0.25) is 5.02 Å². The third kappa shape index (κ3) is 5.39. The second-order valence-electron chi connectivity index (χ2n) is 6.48. The molecule has 160 valence electrons. The molecule has 0 bridgehead atoms. The van der Waals surface area contributed by atoms with Crippen molar-refractivity contribution < 1.29 is 22.4 Å². The summed E-state index contributed by atoms with van der Waals surface area (Å²) in [5, 5.41) is -0.0108. The van der Waals surface area contributed by atoms with Crippen molar-refractivity contribution >= 4 is 39.1 Å². The van der Waals surface area contributed by atoms with Crippen molar-refractivity contribution in [3.05, 3.63) is 94.3 Å². The van der Waals surface area contributed by atoms with E-state index in [1.165, 1.54) is 24.3 Å². The zero-order chi connectivity index (χ0) is 22.6. The van der Waals surface area contributed by atoms with Crippen molar-refractivity contribution in [2.75, 3.05) is 4.72 Å². The molecule has 3 rings (SSSR count). The number of hydrazine groups is 1. The number of hydrogen-bond donors (Lipinski definition) is 3. The molecule has 0 heterocycles. The molecule has 0 saturated carbocycles. The molecular weight excluding hydrogens is 445 g/mol. The van der Waals surface area contributed by atoms with Crippen molar-refractivity contribution in [2.24, 2.45) is 0 Å². The molecule has 0 aliphatic heterocycles. The predicted molar refractivity (Wildman–Crippen MR) is 115 cm³/mol. The Morgan fingerprint density at radius 3 is 2.13 bits per heavy atom. The summed E-state index contributed by atoms with van der Waals surface area (Å²) in [6, 6.07) is 15.1. The molecule has 0 aliphatic carbocycles. The van der Waals surface area contributed by atoms with Crippen molar-refractivity contribution in [3.63, 3.8) is 0 Å². The Hall–Kier alpha value is -3.43. The topological polar surface area (TPSA) is 104 Å². The minimum absolute atomic E-state index is 0.0108. The van der Waals surface area contributed by atoms with Crippen molar-refractivity contribution in [2.45, 2.75) is 11.8 Å². The standard InChI is InChI=1S/C21H17ClFN3O4S/c1-13-4-2-3-5-17(13)20(27)24-25-21(28)18-12-16(10-11-19(18)22)31(29,30)26-15-8-6-14(23)7-9-15/h2-12,26H,1H3,(H,24,27)(H,25,28). The molecular formula is C21H17ClFN3O4S. The first-order valence-electron chi connectivity index (χ1n) is 8.91. The molecule has 0 unspecified atom stereocenters. The molecule has 0 radical (unpaired) electrons. The molecule has 0 spiro atoms. The van der Waals surface area contributed by atoms with Gasteiger partial charge in [-0.1, -0.05) is 29.8 Å². The molecule has 0 aliphatic rings. The number of halogens is 2. The van der Waals surface area contributed by atoms with E-state index in [0.717, 1.165) is 18.2 Å². The normalized spacial score (nSPS) is 10.9. The first-order valence-corrected chi connectivity index (χ1v) is 10.8. The van der Waals surface area contributed by atoms with Gasteiger partial charge in [0.2, 0.25) is 0 Å². The fourth-order valence-electron chi connectivity index (χ4n) is 2.65. The minimum Gasteiger partial charge on any atom is -0.280 e. The van der Waals surface area contributed by atoms with Crippen LogP contribution in [-0.2, 0) is 10.0 Å². The van der Waals surface area contributed by atoms with E-state index in [2.05, 4.69) is 15.6 Å². The molecule has 10 heteroatoms. The van der Waals surface area contributed by atoms with Crippen LogP contribution in [0.4, 0.5) is 10.1 Å². The second-order valence-corrected chi connectivity index (χ2v) is 8.57. The van der Waals surface area contributed by atoms with Gasteiger partial charge in [-0.3, -0.25) is 25.2 Å². The summed E-state index contributed by atoms with van der Waals surface area (Å²) in [7, 11) is -4.08. The molecule has 0 saturated heterocycles. The highest BCUT2D eigenvalue weighted by Gasteiger charge is 2.20. The molecule has 0 aromatic heterocycles. The van der Waals surface area contributed by atoms with Crippen LogP contribution in [0.25, 0.3) is 0 Å². The fraction of sp³-hybridized carbons (Fsp3) is 0.0476. The van der Waals surface area contributed by atoms with Gasteiger partial charge in [0, 0.05) is 11.3 Å². The van der Waals surface area contributed by atoms with Crippen LogP contribution in [0.3, 0.4) is 0 Å². The summed E-state index contributed by atoms with van der Waals surface area (Å²) in [4.78, 5) is 24.5. The van der Waals surface area contributed by atoms with E-state index in [9.17, 15) is 22.4 Å². The Kier molecular flexibility index (Phi) is 6.57. The van der Waals surface area contributed by atoms with Crippen LogP contribution >= 0.6 is 11.6 Å². The summed E-state index contributed by atoms with van der Waals surface area (Å²) in [6.07, 6.45) is 0. The average molecular weight is 462 g/mol. The van der Waals surface area contributed by atoms with Crippen molar-refractivity contribution in [1.29, 1.82) is 0 Å². The number of anilines is 1. The first-order chi connectivity index (χ1) is 14.7. The second kappa shape index (κ2) is 9.15. The summed E-state index contributed by atoms with van der Waals surface area (Å²) in [5.74, 6) is -1.85. The molecule has 0 atom stereocenters. The largest absolute Gasteiger partial charge is 0.280 e. The Balaban J connectivity index is 1.77. The number of carbonyl (C=O) groups excluding carboxylic acids is 2. The van der Waals surface area contributed by atoms with Gasteiger partial charge in [-0.05, 0) is 61.0 Å². The van der Waals surface area contributed by atoms with Crippen molar-refractivity contribution in [3.8, 4) is 0 Å². The summed E-state index contributed by atoms with van der Waals surface area (Å²) in [6.45, 7) is 1.75. The van der Waals surface area contributed by atoms with Gasteiger partial charge < -0.3 is 0 Å². The molecule has 7 nitrogen and oxygen atoms in total. The van der Waals surface area contributed by atoms with E-state index in [-0.39, 0.29) is 21.2 Å². The number of sulfonamides is 1. The van der Waals surface area contributed by atoms with Crippen LogP contribution in [0.1, 0.15) is 26.3 Å². The maximum absolute atomic E-state index is 13.0. The van der Waals surface area contributed by atoms with Crippen LogP contribution < -0.4 is 15.6 Å². The van der Waals surface area contributed by atoms with Gasteiger partial charge in [0.05, 0.1) is 15.5 Å². The molecule has 3 N–H and O–H groups in total. The van der Waals surface area contributed by atoms with Crippen LogP contribution in [0.5, 0.6) is 0 Å². The van der Waals surface area contributed by atoms with Gasteiger partial charge >= 0.3 is 0 Å². The monoisotopic (exact) mass is 461 g/mol. The fourth-order valence-corrected chi connectivity index (χ4v) is 3.94. The summed E-state index contributed by atoms with van der Waals surface area (Å²) in [5.41, 5.74) is 5.56. The number of nitrogens with one attached hydrogen (secondary N) is 3. The lowest BCUT2D eigenvalue weighted by Gasteiger charge is -2.12. The molecule has 3 aromatic carbocycles. The highest BCUT2D eigenvalue weighted by Crippen LogP contribution is 2.22. The highest BCUT2D eigenvalue weighted by molar-refractivity contribution is 7.92. The molecule has 31 heavy (non-hydrogen) atoms. The number of aryl methyl sites for hydroxylation is 1. The van der Waals surface area contributed by atoms with Gasteiger partial charge in [-0.15, -0.1) is 0 Å². The van der Waals surface area contributed by atoms with E-state index < -0.39 is 27.7 Å². The third-order valence-electron chi connectivity index (χ3n) is 4.27. The average Bonchev–Trinajstić information content (AvgIpc) is 2.73. The summed E-state index contributed by atoms with van der Waals surface area (Å²) < 4.78 is 40.5. The SMILES string of the molecule is Cc1ccccc1C(=O)NNC(=O)c1cc(S(=O)(=O)Nc2ccc(F)cc2)ccc1Cl. The van der Waals surface area contributed by atoms with Crippen LogP contribution in [0, 0.1) is 12.7 Å². The van der Waals surface area contributed by atoms with Crippen LogP contribution in [-0.4, -0.2) is 20.2 Å². The Labute approximate surface area is 183 Å². The minimum atomic E-state index is -4.08. The lowest BCUT2D eigenvalue weighted by atomic mass is 10.1. The lowest BCUT2D eigenvalue weighted by molar-refractivity contribution is 0.0846. The van der Waals surface area contributed by atoms with Gasteiger partial charge in [0.1, 0.15) is 5.82 Å². The van der Waals surface area contributed by atoms with Gasteiger partial charge in [0.25, 0.3) is 21.8 Å². The molecule has 3 aromatic rings. The summed E-state index contributed by atoms with van der Waals surface area (Å²) >= 11 is 6.05. The van der Waals surface area contributed by atoms with E-state index in [1.54, 1.807) is 31.2 Å². The number of amides is 2. The van der Waals surface area contributed by atoms with E-state index in [4.69, 9.17) is 11.6 Å². The van der Waals surface area contributed by atoms with Crippen molar-refractivity contribution in [1.82, 2.24) is 10.9 Å². The van der Waals surface area contributed by atoms with Gasteiger partial charge in [-0.2, -0.15) is 0 Å². The molecule has 0 fully saturated rings. The predicted octanol–water partition coefficient (Wildman–Crippen LogP) is 3.66. The number of hydrogen-bond acceptors (Lipinski definition) is 4. The Bertz CT molecular complexity index is 1250. The highest BCUT2D eigenvalue weighted by atomic mass is 35.5. The zero-order valence-electron chi connectivity index (χ0n) is 16.1. The molecule has 2 amide bonds. The number of benzene rings is 3. The first kappa shape index (κ1) is 22.3. The smallest absolute Gasteiger partial charge is 0.271 e. The van der Waals surface area contributed by atoms with Gasteiger partial charge in [-0.25, -0.2) is 12.8 Å². The van der Waals surface area contributed by atoms with Gasteiger partial charge in [0.15, 0.2) is 0 Å². The van der Waals surface area contributed by atoms with Crippen LogP contribution in [0.15, 0.2) is 71.6 Å². The van der Waals surface area contributed by atoms with E-state index >= 15 is 0 Å². The third-order valence-corrected chi connectivity index (χ3v) is 5.98. The Morgan fingerprint density at radius 1 is 0.871 bits per heavy atom. The maximum Gasteiger partial charge on any atom is 0.271 e. The quantitative estimate of drug-likeness (QED) is 0.504. The maximum atomic E-state index is 13.0. The Morgan fingerprint density at radius 2 is 1.48 bits per heavy atom. The van der Waals surface area contributed by atoms with E-state index in [1.807, 2.05) is 0 Å². The number of carbonyl (C=O) groups is 2. The number of rotatable bonds is 5. The lowest BCUT2D eigenvalue weighted by Crippen LogP contribution is -2.42.